The number of carbonyl (C=O) groups is 2. The van der Waals surface area contributed by atoms with E-state index in [2.05, 4.69) is 5.32 Å². The van der Waals surface area contributed by atoms with Gasteiger partial charge in [0.05, 0.1) is 12.2 Å². The zero-order valence-electron chi connectivity index (χ0n) is 16.2. The zero-order valence-corrected chi connectivity index (χ0v) is 16.9. The van der Waals surface area contributed by atoms with Crippen LogP contribution in [0.3, 0.4) is 0 Å². The van der Waals surface area contributed by atoms with Crippen LogP contribution in [0, 0.1) is 0 Å². The van der Waals surface area contributed by atoms with Crippen molar-refractivity contribution in [2.24, 2.45) is 0 Å². The van der Waals surface area contributed by atoms with Crippen LogP contribution in [0.25, 0.3) is 0 Å². The molecule has 0 aromatic heterocycles. The highest BCUT2D eigenvalue weighted by atomic mass is 35.5. The first-order valence-corrected chi connectivity index (χ1v) is 9.48. The number of nitrogens with zero attached hydrogens (tertiary/aromatic N) is 1. The van der Waals surface area contributed by atoms with Crippen LogP contribution in [0.15, 0.2) is 72.8 Å². The van der Waals surface area contributed by atoms with Crippen LogP contribution in [0.1, 0.15) is 19.4 Å². The van der Waals surface area contributed by atoms with Gasteiger partial charge >= 0.3 is 0 Å². The van der Waals surface area contributed by atoms with Gasteiger partial charge in [0.15, 0.2) is 5.75 Å². The van der Waals surface area contributed by atoms with Crippen LogP contribution in [0.4, 0.5) is 11.4 Å². The summed E-state index contributed by atoms with van der Waals surface area (Å²) >= 11 is 5.94. The lowest BCUT2D eigenvalue weighted by Crippen LogP contribution is -2.28. The molecule has 0 radical (unpaired) electrons. The third-order valence-corrected chi connectivity index (χ3v) is 4.49. The van der Waals surface area contributed by atoms with Gasteiger partial charge in [-0.05, 0) is 48.0 Å². The van der Waals surface area contributed by atoms with Crippen molar-refractivity contribution in [3.63, 3.8) is 0 Å². The summed E-state index contributed by atoms with van der Waals surface area (Å²) in [6.07, 6.45) is 0. The van der Waals surface area contributed by atoms with Crippen molar-refractivity contribution in [2.75, 3.05) is 10.2 Å². The molecule has 0 aliphatic carbocycles. The van der Waals surface area contributed by atoms with Crippen LogP contribution in [-0.2, 0) is 16.1 Å². The van der Waals surface area contributed by atoms with Gasteiger partial charge in [-0.25, -0.2) is 0 Å². The molecule has 0 atom stereocenters. The summed E-state index contributed by atoms with van der Waals surface area (Å²) in [5.74, 6) is 0.846. The average molecular weight is 409 g/mol. The Bertz CT molecular complexity index is 1020. The maximum atomic E-state index is 12.5. The molecule has 148 valence electrons. The number of hydrogen-bond acceptors (Lipinski definition) is 3. The predicted molar refractivity (Wildman–Crippen MR) is 116 cm³/mol. The second-order valence-electron chi connectivity index (χ2n) is 6.47. The Labute approximate surface area is 174 Å². The Morgan fingerprint density at radius 2 is 1.59 bits per heavy atom. The summed E-state index contributed by atoms with van der Waals surface area (Å²) in [7, 11) is 0. The van der Waals surface area contributed by atoms with Crippen molar-refractivity contribution >= 4 is 34.8 Å². The normalized spacial score (nSPS) is 10.3. The number of halogens is 1. The number of benzene rings is 3. The number of rotatable bonds is 6. The van der Waals surface area contributed by atoms with Gasteiger partial charge in [0.25, 0.3) is 0 Å². The first kappa shape index (κ1) is 20.4. The quantitative estimate of drug-likeness (QED) is 0.573. The van der Waals surface area contributed by atoms with Crippen LogP contribution in [0.5, 0.6) is 11.5 Å². The van der Waals surface area contributed by atoms with Gasteiger partial charge in [-0.1, -0.05) is 41.9 Å². The van der Waals surface area contributed by atoms with Crippen LogP contribution in [0.2, 0.25) is 5.02 Å². The summed E-state index contributed by atoms with van der Waals surface area (Å²) in [6, 6.07) is 21.7. The predicted octanol–water partition coefficient (Wildman–Crippen LogP) is 5.64. The van der Waals surface area contributed by atoms with E-state index in [1.807, 2.05) is 42.5 Å². The lowest BCUT2D eigenvalue weighted by Gasteiger charge is -2.25. The van der Waals surface area contributed by atoms with Gasteiger partial charge in [0.2, 0.25) is 11.8 Å². The summed E-state index contributed by atoms with van der Waals surface area (Å²) in [5, 5.41) is 3.42. The molecule has 0 aliphatic heterocycles. The Morgan fingerprint density at radius 1 is 0.931 bits per heavy atom. The number of ether oxygens (including phenoxy) is 1. The highest BCUT2D eigenvalue weighted by molar-refractivity contribution is 6.30. The fourth-order valence-electron chi connectivity index (χ4n) is 2.90. The first-order valence-electron chi connectivity index (χ1n) is 9.10. The molecule has 0 aliphatic rings. The standard InChI is InChI=1S/C23H21ClN2O3/c1-16(27)25-21-8-4-3-7-18(21)15-26(17(2)28)22-9-5-6-10-23(22)29-20-13-11-19(24)12-14-20/h3-14H,15H2,1-2H3,(H,25,27). The number of carbonyl (C=O) groups excluding carboxylic acids is 2. The van der Waals surface area contributed by atoms with Crippen molar-refractivity contribution in [1.29, 1.82) is 0 Å². The van der Waals surface area contributed by atoms with Crippen LogP contribution >= 0.6 is 11.6 Å². The summed E-state index contributed by atoms with van der Waals surface area (Å²) in [5.41, 5.74) is 2.12. The molecule has 0 bridgehead atoms. The second kappa shape index (κ2) is 9.26. The van der Waals surface area contributed by atoms with E-state index in [1.165, 1.54) is 13.8 Å². The third kappa shape index (κ3) is 5.36. The molecule has 0 unspecified atom stereocenters. The van der Waals surface area contributed by atoms with Crippen molar-refractivity contribution in [1.82, 2.24) is 0 Å². The fraction of sp³-hybridized carbons (Fsp3) is 0.130. The monoisotopic (exact) mass is 408 g/mol. The fourth-order valence-corrected chi connectivity index (χ4v) is 3.03. The Balaban J connectivity index is 1.94. The van der Waals surface area contributed by atoms with Crippen molar-refractivity contribution in [3.05, 3.63) is 83.4 Å². The Kier molecular flexibility index (Phi) is 6.52. The molecule has 3 aromatic rings. The molecule has 0 heterocycles. The smallest absolute Gasteiger partial charge is 0.224 e. The highest BCUT2D eigenvalue weighted by Gasteiger charge is 2.18. The van der Waals surface area contributed by atoms with Crippen LogP contribution in [-0.4, -0.2) is 11.8 Å². The molecule has 3 aromatic carbocycles. The van der Waals surface area contributed by atoms with E-state index in [9.17, 15) is 9.59 Å². The molecule has 0 saturated carbocycles. The maximum Gasteiger partial charge on any atom is 0.224 e. The molecule has 1 N–H and O–H groups in total. The summed E-state index contributed by atoms with van der Waals surface area (Å²) in [6.45, 7) is 3.24. The van der Waals surface area contributed by atoms with Gasteiger partial charge in [-0.2, -0.15) is 0 Å². The van der Waals surface area contributed by atoms with Crippen molar-refractivity contribution in [3.8, 4) is 11.5 Å². The van der Waals surface area contributed by atoms with Crippen molar-refractivity contribution in [2.45, 2.75) is 20.4 Å². The molecule has 2 amide bonds. The Morgan fingerprint density at radius 3 is 2.28 bits per heavy atom. The van der Waals surface area contributed by atoms with E-state index in [-0.39, 0.29) is 18.4 Å². The van der Waals surface area contributed by atoms with Gasteiger partial charge < -0.3 is 15.0 Å². The van der Waals surface area contributed by atoms with E-state index < -0.39 is 0 Å². The van der Waals surface area contributed by atoms with E-state index >= 15 is 0 Å². The molecule has 29 heavy (non-hydrogen) atoms. The minimum Gasteiger partial charge on any atom is -0.455 e. The number of amides is 2. The average Bonchev–Trinajstić information content (AvgIpc) is 2.69. The lowest BCUT2D eigenvalue weighted by molar-refractivity contribution is -0.116. The van der Waals surface area contributed by atoms with E-state index in [0.29, 0.717) is 27.9 Å². The minimum absolute atomic E-state index is 0.144. The highest BCUT2D eigenvalue weighted by Crippen LogP contribution is 2.34. The van der Waals surface area contributed by atoms with Gasteiger partial charge in [-0.3, -0.25) is 9.59 Å². The molecule has 0 spiro atoms. The van der Waals surface area contributed by atoms with E-state index in [0.717, 1.165) is 5.56 Å². The van der Waals surface area contributed by atoms with Gasteiger partial charge in [0.1, 0.15) is 5.75 Å². The molecule has 6 heteroatoms. The van der Waals surface area contributed by atoms with E-state index in [4.69, 9.17) is 16.3 Å². The van der Waals surface area contributed by atoms with Crippen LogP contribution < -0.4 is 15.0 Å². The largest absolute Gasteiger partial charge is 0.455 e. The molecule has 5 nitrogen and oxygen atoms in total. The number of para-hydroxylation sites is 3. The number of anilines is 2. The maximum absolute atomic E-state index is 12.5. The SMILES string of the molecule is CC(=O)Nc1ccccc1CN(C(C)=O)c1ccccc1Oc1ccc(Cl)cc1. The number of nitrogens with one attached hydrogen (secondary N) is 1. The lowest BCUT2D eigenvalue weighted by atomic mass is 10.1. The Hall–Kier alpha value is -3.31. The molecular formula is C23H21ClN2O3. The molecule has 0 saturated heterocycles. The summed E-state index contributed by atoms with van der Waals surface area (Å²) < 4.78 is 6.01. The second-order valence-corrected chi connectivity index (χ2v) is 6.90. The van der Waals surface area contributed by atoms with E-state index in [1.54, 1.807) is 35.2 Å². The minimum atomic E-state index is -0.168. The third-order valence-electron chi connectivity index (χ3n) is 4.23. The molecule has 3 rings (SSSR count). The molecular weight excluding hydrogens is 388 g/mol. The summed E-state index contributed by atoms with van der Waals surface area (Å²) in [4.78, 5) is 25.6. The zero-order chi connectivity index (χ0) is 20.8. The number of hydrogen-bond donors (Lipinski definition) is 1. The van der Waals surface area contributed by atoms with Crippen molar-refractivity contribution < 1.29 is 14.3 Å². The van der Waals surface area contributed by atoms with Gasteiger partial charge in [0, 0.05) is 24.6 Å². The topological polar surface area (TPSA) is 58.6 Å². The molecule has 0 fully saturated rings. The van der Waals surface area contributed by atoms with Gasteiger partial charge in [-0.15, -0.1) is 0 Å². The first-order chi connectivity index (χ1) is 13.9.